The molecule has 1 aromatic carbocycles. The SMILES string of the molecule is CCC(C)C(=O)OC12CC3CC(C1)CC(C(=O)OCc1cc(COC)c(O)c(COC)c1)(C3)C2. The number of hydrogen-bond acceptors (Lipinski definition) is 7. The molecular formula is C27H38O7. The number of phenols is 1. The highest BCUT2D eigenvalue weighted by Crippen LogP contribution is 2.63. The number of methoxy groups -OCH3 is 2. The Balaban J connectivity index is 1.50. The molecule has 7 nitrogen and oxygen atoms in total. The van der Waals surface area contributed by atoms with Crippen LogP contribution in [0.2, 0.25) is 0 Å². The van der Waals surface area contributed by atoms with Gasteiger partial charge in [-0.25, -0.2) is 0 Å². The molecule has 5 rings (SSSR count). The fourth-order valence-corrected chi connectivity index (χ4v) is 6.77. The average molecular weight is 475 g/mol. The van der Waals surface area contributed by atoms with Gasteiger partial charge in [0, 0.05) is 31.8 Å². The lowest BCUT2D eigenvalue weighted by atomic mass is 9.48. The van der Waals surface area contributed by atoms with Gasteiger partial charge in [-0.15, -0.1) is 0 Å². The Morgan fingerprint density at radius 3 is 2.15 bits per heavy atom. The van der Waals surface area contributed by atoms with Gasteiger partial charge >= 0.3 is 11.9 Å². The van der Waals surface area contributed by atoms with Crippen molar-refractivity contribution in [1.82, 2.24) is 0 Å². The minimum atomic E-state index is -0.582. The third-order valence-electron chi connectivity index (χ3n) is 8.07. The summed E-state index contributed by atoms with van der Waals surface area (Å²) in [5.74, 6) is 0.467. The lowest BCUT2D eigenvalue weighted by Gasteiger charge is -2.59. The molecule has 3 unspecified atom stereocenters. The van der Waals surface area contributed by atoms with Gasteiger partial charge in [0.1, 0.15) is 18.0 Å². The Kier molecular flexibility index (Phi) is 7.25. The van der Waals surface area contributed by atoms with Crippen molar-refractivity contribution < 1.29 is 33.6 Å². The van der Waals surface area contributed by atoms with Crippen LogP contribution in [0.15, 0.2) is 12.1 Å². The minimum Gasteiger partial charge on any atom is -0.507 e. The van der Waals surface area contributed by atoms with Gasteiger partial charge < -0.3 is 24.1 Å². The predicted molar refractivity (Wildman–Crippen MR) is 125 cm³/mol. The molecule has 4 aliphatic rings. The van der Waals surface area contributed by atoms with Crippen LogP contribution in [0, 0.1) is 23.2 Å². The van der Waals surface area contributed by atoms with Crippen molar-refractivity contribution in [2.24, 2.45) is 23.2 Å². The zero-order valence-corrected chi connectivity index (χ0v) is 20.9. The minimum absolute atomic E-state index is 0.114. The molecule has 4 fully saturated rings. The smallest absolute Gasteiger partial charge is 0.312 e. The first-order valence-corrected chi connectivity index (χ1v) is 12.4. The van der Waals surface area contributed by atoms with Crippen LogP contribution in [-0.4, -0.2) is 36.9 Å². The zero-order valence-electron chi connectivity index (χ0n) is 20.9. The van der Waals surface area contributed by atoms with Crippen LogP contribution in [0.5, 0.6) is 5.75 Å². The van der Waals surface area contributed by atoms with E-state index in [1.807, 2.05) is 13.8 Å². The van der Waals surface area contributed by atoms with E-state index < -0.39 is 11.0 Å². The summed E-state index contributed by atoms with van der Waals surface area (Å²) in [5.41, 5.74) is 0.941. The molecular weight excluding hydrogens is 436 g/mol. The molecule has 4 saturated carbocycles. The van der Waals surface area contributed by atoms with E-state index in [0.29, 0.717) is 29.4 Å². The molecule has 34 heavy (non-hydrogen) atoms. The summed E-state index contributed by atoms with van der Waals surface area (Å²) in [7, 11) is 3.14. The number of benzene rings is 1. The van der Waals surface area contributed by atoms with Gasteiger partial charge in [-0.05, 0) is 68.1 Å². The zero-order chi connectivity index (χ0) is 24.5. The second-order valence-corrected chi connectivity index (χ2v) is 10.9. The molecule has 0 aromatic heterocycles. The Morgan fingerprint density at radius 2 is 1.62 bits per heavy atom. The summed E-state index contributed by atoms with van der Waals surface area (Å²) >= 11 is 0. The monoisotopic (exact) mass is 474 g/mol. The number of ether oxygens (including phenoxy) is 4. The van der Waals surface area contributed by atoms with E-state index in [1.54, 1.807) is 26.4 Å². The fraction of sp³-hybridized carbons (Fsp3) is 0.704. The maximum Gasteiger partial charge on any atom is 0.312 e. The van der Waals surface area contributed by atoms with Crippen LogP contribution >= 0.6 is 0 Å². The van der Waals surface area contributed by atoms with Gasteiger partial charge in [0.05, 0.1) is 24.5 Å². The fourth-order valence-electron chi connectivity index (χ4n) is 6.77. The number of rotatable bonds is 10. The van der Waals surface area contributed by atoms with Crippen molar-refractivity contribution >= 4 is 11.9 Å². The summed E-state index contributed by atoms with van der Waals surface area (Å²) in [6.07, 6.45) is 5.76. The molecule has 0 amide bonds. The van der Waals surface area contributed by atoms with Gasteiger partial charge in [-0.2, -0.15) is 0 Å². The largest absolute Gasteiger partial charge is 0.507 e. The Labute approximate surface area is 202 Å². The average Bonchev–Trinajstić information content (AvgIpc) is 2.78. The van der Waals surface area contributed by atoms with Crippen LogP contribution in [-0.2, 0) is 48.4 Å². The summed E-state index contributed by atoms with van der Waals surface area (Å²) < 4.78 is 22.4. The van der Waals surface area contributed by atoms with Gasteiger partial charge in [-0.1, -0.05) is 13.8 Å². The highest BCUT2D eigenvalue weighted by molar-refractivity contribution is 5.78. The first-order valence-electron chi connectivity index (χ1n) is 12.4. The quantitative estimate of drug-likeness (QED) is 0.493. The van der Waals surface area contributed by atoms with Gasteiger partial charge in [-0.3, -0.25) is 9.59 Å². The molecule has 7 heteroatoms. The van der Waals surface area contributed by atoms with Gasteiger partial charge in [0.15, 0.2) is 0 Å². The van der Waals surface area contributed by atoms with Crippen LogP contribution in [0.4, 0.5) is 0 Å². The maximum absolute atomic E-state index is 13.5. The number of esters is 2. The molecule has 4 aliphatic carbocycles. The molecule has 188 valence electrons. The molecule has 1 aromatic rings. The number of phenolic OH excluding ortho intramolecular Hbond substituents is 1. The normalized spacial score (nSPS) is 30.2. The molecule has 4 bridgehead atoms. The van der Waals surface area contributed by atoms with Gasteiger partial charge in [0.2, 0.25) is 0 Å². The third kappa shape index (κ3) is 4.82. The van der Waals surface area contributed by atoms with E-state index in [0.717, 1.165) is 44.1 Å². The highest BCUT2D eigenvalue weighted by Gasteiger charge is 2.63. The summed E-state index contributed by atoms with van der Waals surface area (Å²) in [6.45, 7) is 4.51. The van der Waals surface area contributed by atoms with E-state index in [2.05, 4.69) is 0 Å². The molecule has 0 aliphatic heterocycles. The van der Waals surface area contributed by atoms with Crippen LogP contribution in [0.25, 0.3) is 0 Å². The molecule has 0 saturated heterocycles. The standard InChI is InChI=1S/C27H38O7/c1-5-17(2)24(29)34-27-11-19-6-20(12-27)10-26(9-19,16-27)25(30)33-13-18-7-21(14-31-3)23(28)22(8-18)15-32-4/h7-8,17,19-20,28H,5-6,9-16H2,1-4H3. The van der Waals surface area contributed by atoms with Crippen molar-refractivity contribution in [2.45, 2.75) is 84.2 Å². The number of carbonyl (C=O) groups excluding carboxylic acids is 2. The summed E-state index contributed by atoms with van der Waals surface area (Å²) in [6, 6.07) is 3.61. The van der Waals surface area contributed by atoms with Crippen LogP contribution in [0.1, 0.15) is 75.5 Å². The number of aromatic hydroxyl groups is 1. The second kappa shape index (κ2) is 9.86. The third-order valence-corrected chi connectivity index (χ3v) is 8.07. The van der Waals surface area contributed by atoms with E-state index >= 15 is 0 Å². The lowest BCUT2D eigenvalue weighted by Crippen LogP contribution is -2.60. The molecule has 0 spiro atoms. The van der Waals surface area contributed by atoms with Crippen LogP contribution in [0.3, 0.4) is 0 Å². The molecule has 0 radical (unpaired) electrons. The highest BCUT2D eigenvalue weighted by atomic mass is 16.6. The Hall–Kier alpha value is -2.12. The van der Waals surface area contributed by atoms with Gasteiger partial charge in [0.25, 0.3) is 0 Å². The Bertz CT molecular complexity index is 883. The van der Waals surface area contributed by atoms with Crippen molar-refractivity contribution in [1.29, 1.82) is 0 Å². The number of carbonyl (C=O) groups is 2. The van der Waals surface area contributed by atoms with Crippen LogP contribution < -0.4 is 0 Å². The van der Waals surface area contributed by atoms with Crippen molar-refractivity contribution in [3.8, 4) is 5.75 Å². The second-order valence-electron chi connectivity index (χ2n) is 10.9. The topological polar surface area (TPSA) is 91.3 Å². The van der Waals surface area contributed by atoms with Crippen molar-refractivity contribution in [3.05, 3.63) is 28.8 Å². The summed E-state index contributed by atoms with van der Waals surface area (Å²) in [4.78, 5) is 26.2. The molecule has 0 heterocycles. The first kappa shape index (κ1) is 25.0. The Morgan fingerprint density at radius 1 is 1.03 bits per heavy atom. The van der Waals surface area contributed by atoms with E-state index in [-0.39, 0.29) is 43.4 Å². The van der Waals surface area contributed by atoms with Crippen molar-refractivity contribution in [3.63, 3.8) is 0 Å². The van der Waals surface area contributed by atoms with E-state index in [1.165, 1.54) is 0 Å². The first-order chi connectivity index (χ1) is 16.2. The number of hydrogen-bond donors (Lipinski definition) is 1. The van der Waals surface area contributed by atoms with Crippen molar-refractivity contribution in [2.75, 3.05) is 14.2 Å². The van der Waals surface area contributed by atoms with E-state index in [4.69, 9.17) is 18.9 Å². The maximum atomic E-state index is 13.5. The molecule has 3 atom stereocenters. The lowest BCUT2D eigenvalue weighted by molar-refractivity contribution is -0.215. The van der Waals surface area contributed by atoms with E-state index in [9.17, 15) is 14.7 Å². The summed E-state index contributed by atoms with van der Waals surface area (Å²) in [5, 5.41) is 10.5. The molecule has 1 N–H and O–H groups in total. The predicted octanol–water partition coefficient (Wildman–Crippen LogP) is 4.66.